The second-order valence-corrected chi connectivity index (χ2v) is 6.49. The van der Waals surface area contributed by atoms with Crippen LogP contribution in [-0.4, -0.2) is 17.5 Å². The standard InChI is InChI=1S/C16H25NS/c1-4-13-5-7-14(8-6-13)12(2)17-15-9-10-16(11-15)18-3/h5-8,12,15-17H,4,9-11H2,1-3H3. The molecule has 18 heavy (non-hydrogen) atoms. The summed E-state index contributed by atoms with van der Waals surface area (Å²) in [6.07, 6.45) is 7.40. The molecular weight excluding hydrogens is 238 g/mol. The highest BCUT2D eigenvalue weighted by molar-refractivity contribution is 7.99. The van der Waals surface area contributed by atoms with Crippen molar-refractivity contribution in [2.75, 3.05) is 6.26 Å². The lowest BCUT2D eigenvalue weighted by Gasteiger charge is -2.20. The largest absolute Gasteiger partial charge is 0.307 e. The van der Waals surface area contributed by atoms with Gasteiger partial charge in [-0.05, 0) is 50.0 Å². The van der Waals surface area contributed by atoms with E-state index in [1.54, 1.807) is 0 Å². The lowest BCUT2D eigenvalue weighted by molar-refractivity contribution is 0.462. The van der Waals surface area contributed by atoms with Gasteiger partial charge in [-0.2, -0.15) is 11.8 Å². The zero-order chi connectivity index (χ0) is 13.0. The van der Waals surface area contributed by atoms with Gasteiger partial charge in [0.15, 0.2) is 0 Å². The fourth-order valence-corrected chi connectivity index (χ4v) is 3.59. The van der Waals surface area contributed by atoms with Crippen LogP contribution in [0.15, 0.2) is 24.3 Å². The first-order valence-electron chi connectivity index (χ1n) is 7.10. The zero-order valence-corrected chi connectivity index (χ0v) is 12.6. The Balaban J connectivity index is 1.89. The third-order valence-electron chi connectivity index (χ3n) is 4.09. The van der Waals surface area contributed by atoms with Crippen molar-refractivity contribution in [2.24, 2.45) is 0 Å². The Morgan fingerprint density at radius 1 is 1.28 bits per heavy atom. The predicted molar refractivity (Wildman–Crippen MR) is 82.3 cm³/mol. The first kappa shape index (κ1) is 14.0. The van der Waals surface area contributed by atoms with E-state index in [-0.39, 0.29) is 0 Å². The molecule has 0 aromatic heterocycles. The van der Waals surface area contributed by atoms with Gasteiger partial charge in [-0.25, -0.2) is 0 Å². The van der Waals surface area contributed by atoms with Crippen molar-refractivity contribution < 1.29 is 0 Å². The molecule has 0 heterocycles. The molecule has 3 unspecified atom stereocenters. The average Bonchev–Trinajstić information content (AvgIpc) is 2.86. The highest BCUT2D eigenvalue weighted by Crippen LogP contribution is 2.29. The van der Waals surface area contributed by atoms with Gasteiger partial charge in [-0.1, -0.05) is 31.2 Å². The normalized spacial score (nSPS) is 25.3. The van der Waals surface area contributed by atoms with Crippen LogP contribution in [0.1, 0.15) is 50.3 Å². The summed E-state index contributed by atoms with van der Waals surface area (Å²) < 4.78 is 0. The first-order chi connectivity index (χ1) is 8.72. The molecule has 100 valence electrons. The van der Waals surface area contributed by atoms with Gasteiger partial charge in [0.05, 0.1) is 0 Å². The van der Waals surface area contributed by atoms with Crippen molar-refractivity contribution in [3.8, 4) is 0 Å². The summed E-state index contributed by atoms with van der Waals surface area (Å²) >= 11 is 2.02. The summed E-state index contributed by atoms with van der Waals surface area (Å²) in [4.78, 5) is 0. The Kier molecular flexibility index (Phi) is 5.13. The van der Waals surface area contributed by atoms with Gasteiger partial charge in [0.1, 0.15) is 0 Å². The molecule has 1 aromatic rings. The van der Waals surface area contributed by atoms with E-state index in [0.29, 0.717) is 12.1 Å². The first-order valence-corrected chi connectivity index (χ1v) is 8.39. The average molecular weight is 263 g/mol. The molecule has 0 bridgehead atoms. The minimum absolute atomic E-state index is 0.474. The smallest absolute Gasteiger partial charge is 0.0294 e. The third-order valence-corrected chi connectivity index (χ3v) is 5.19. The highest BCUT2D eigenvalue weighted by Gasteiger charge is 2.24. The maximum absolute atomic E-state index is 3.78. The maximum Gasteiger partial charge on any atom is 0.0294 e. The van der Waals surface area contributed by atoms with E-state index in [9.17, 15) is 0 Å². The van der Waals surface area contributed by atoms with Crippen molar-refractivity contribution in [3.05, 3.63) is 35.4 Å². The van der Waals surface area contributed by atoms with E-state index < -0.39 is 0 Å². The maximum atomic E-state index is 3.78. The van der Waals surface area contributed by atoms with Gasteiger partial charge in [-0.3, -0.25) is 0 Å². The van der Waals surface area contributed by atoms with E-state index in [2.05, 4.69) is 49.7 Å². The topological polar surface area (TPSA) is 12.0 Å². The van der Waals surface area contributed by atoms with Gasteiger partial charge in [0.25, 0.3) is 0 Å². The molecule has 0 aliphatic heterocycles. The summed E-state index contributed by atoms with van der Waals surface area (Å²) in [5.74, 6) is 0. The molecule has 0 radical (unpaired) electrons. The highest BCUT2D eigenvalue weighted by atomic mass is 32.2. The fourth-order valence-electron chi connectivity index (χ4n) is 2.80. The summed E-state index contributed by atoms with van der Waals surface area (Å²) in [6, 6.07) is 10.2. The zero-order valence-electron chi connectivity index (χ0n) is 11.8. The minimum Gasteiger partial charge on any atom is -0.307 e. The summed E-state index contributed by atoms with van der Waals surface area (Å²) in [5.41, 5.74) is 2.84. The van der Waals surface area contributed by atoms with Crippen molar-refractivity contribution in [2.45, 2.75) is 56.9 Å². The number of aryl methyl sites for hydroxylation is 1. The number of rotatable bonds is 5. The summed E-state index contributed by atoms with van der Waals surface area (Å²) in [6.45, 7) is 4.49. The van der Waals surface area contributed by atoms with Crippen LogP contribution in [0.25, 0.3) is 0 Å². The second kappa shape index (κ2) is 6.63. The molecule has 2 rings (SSSR count). The van der Waals surface area contributed by atoms with Crippen LogP contribution in [-0.2, 0) is 6.42 Å². The SMILES string of the molecule is CCc1ccc(C(C)NC2CCC(SC)C2)cc1. The summed E-state index contributed by atoms with van der Waals surface area (Å²) in [7, 11) is 0. The second-order valence-electron chi connectivity index (χ2n) is 5.35. The number of hydrogen-bond donors (Lipinski definition) is 1. The molecule has 1 aliphatic carbocycles. The van der Waals surface area contributed by atoms with Crippen molar-refractivity contribution in [1.29, 1.82) is 0 Å². The molecule has 2 heteroatoms. The van der Waals surface area contributed by atoms with Gasteiger partial charge in [-0.15, -0.1) is 0 Å². The van der Waals surface area contributed by atoms with Crippen molar-refractivity contribution in [3.63, 3.8) is 0 Å². The Morgan fingerprint density at radius 3 is 2.56 bits per heavy atom. The predicted octanol–water partition coefficient (Wildman–Crippen LogP) is 4.18. The number of hydrogen-bond acceptors (Lipinski definition) is 2. The van der Waals surface area contributed by atoms with Crippen LogP contribution in [0.2, 0.25) is 0 Å². The number of nitrogens with one attached hydrogen (secondary N) is 1. The van der Waals surface area contributed by atoms with Gasteiger partial charge < -0.3 is 5.32 Å². The molecule has 1 N–H and O–H groups in total. The fraction of sp³-hybridized carbons (Fsp3) is 0.625. The monoisotopic (exact) mass is 263 g/mol. The van der Waals surface area contributed by atoms with Crippen LogP contribution >= 0.6 is 11.8 Å². The van der Waals surface area contributed by atoms with Gasteiger partial charge in [0.2, 0.25) is 0 Å². The Bertz CT molecular complexity index is 360. The van der Waals surface area contributed by atoms with Crippen LogP contribution < -0.4 is 5.32 Å². The van der Waals surface area contributed by atoms with Crippen molar-refractivity contribution in [1.82, 2.24) is 5.32 Å². The molecule has 1 fully saturated rings. The lowest BCUT2D eigenvalue weighted by atomic mass is 10.0. The van der Waals surface area contributed by atoms with Crippen LogP contribution in [0.3, 0.4) is 0 Å². The van der Waals surface area contributed by atoms with E-state index in [4.69, 9.17) is 0 Å². The molecule has 0 spiro atoms. The van der Waals surface area contributed by atoms with E-state index in [0.717, 1.165) is 11.7 Å². The molecule has 1 nitrogen and oxygen atoms in total. The third kappa shape index (κ3) is 3.52. The van der Waals surface area contributed by atoms with E-state index >= 15 is 0 Å². The van der Waals surface area contributed by atoms with E-state index in [1.807, 2.05) is 11.8 Å². The van der Waals surface area contributed by atoms with Crippen LogP contribution in [0.5, 0.6) is 0 Å². The molecular formula is C16H25NS. The lowest BCUT2D eigenvalue weighted by Crippen LogP contribution is -2.29. The molecule has 1 aliphatic rings. The summed E-state index contributed by atoms with van der Waals surface area (Å²) in [5, 5.41) is 4.66. The van der Waals surface area contributed by atoms with Gasteiger partial charge in [0, 0.05) is 17.3 Å². The molecule has 3 atom stereocenters. The van der Waals surface area contributed by atoms with Crippen LogP contribution in [0.4, 0.5) is 0 Å². The van der Waals surface area contributed by atoms with Gasteiger partial charge >= 0.3 is 0 Å². The molecule has 0 amide bonds. The quantitative estimate of drug-likeness (QED) is 0.855. The molecule has 1 aromatic carbocycles. The van der Waals surface area contributed by atoms with Crippen LogP contribution in [0, 0.1) is 0 Å². The Hall–Kier alpha value is -0.470. The molecule has 1 saturated carbocycles. The Morgan fingerprint density at radius 2 is 2.00 bits per heavy atom. The van der Waals surface area contributed by atoms with E-state index in [1.165, 1.54) is 30.4 Å². The molecule has 0 saturated heterocycles. The Labute approximate surface area is 116 Å². The number of thioether (sulfide) groups is 1. The van der Waals surface area contributed by atoms with Crippen molar-refractivity contribution >= 4 is 11.8 Å². The minimum atomic E-state index is 0.474. The number of benzene rings is 1.